The van der Waals surface area contributed by atoms with Crippen LogP contribution in [0.15, 0.2) is 65.7 Å². The highest BCUT2D eigenvalue weighted by atomic mass is 32.2. The molecule has 0 saturated heterocycles. The van der Waals surface area contributed by atoms with Gasteiger partial charge in [0.2, 0.25) is 0 Å². The Labute approximate surface area is 164 Å². The number of hydrogen-bond acceptors (Lipinski definition) is 4. The summed E-state index contributed by atoms with van der Waals surface area (Å²) in [6, 6.07) is 23.1. The van der Waals surface area contributed by atoms with Crippen LogP contribution in [0, 0.1) is 11.3 Å². The minimum atomic E-state index is 0.705. The first-order valence-electron chi connectivity index (χ1n) is 9.13. The largest absolute Gasteiger partial charge is 0.302 e. The van der Waals surface area contributed by atoms with E-state index in [0.29, 0.717) is 5.56 Å². The van der Waals surface area contributed by atoms with Crippen molar-refractivity contribution >= 4 is 11.8 Å². The van der Waals surface area contributed by atoms with E-state index >= 15 is 0 Å². The number of nitriles is 1. The molecule has 2 aromatic carbocycles. The van der Waals surface area contributed by atoms with Gasteiger partial charge in [-0.2, -0.15) is 5.26 Å². The fourth-order valence-electron chi connectivity index (χ4n) is 3.53. The lowest BCUT2D eigenvalue weighted by Gasteiger charge is -2.28. The Bertz CT molecular complexity index is 978. The Hall–Kier alpha value is -2.61. The smallest absolute Gasteiger partial charge is 0.115 e. The minimum absolute atomic E-state index is 0.705. The molecule has 0 aliphatic carbocycles. The van der Waals surface area contributed by atoms with E-state index in [1.165, 1.54) is 11.1 Å². The van der Waals surface area contributed by atoms with Crippen molar-refractivity contribution in [3.05, 3.63) is 83.0 Å². The summed E-state index contributed by atoms with van der Waals surface area (Å²) in [7, 11) is 2.13. The van der Waals surface area contributed by atoms with Crippen LogP contribution in [0.3, 0.4) is 0 Å². The standard InChI is InChI=1S/C23H21N3S/c1-26-13-12-21-20(15-26)22(18-10-6-3-7-11-18)19(14-24)23(25-21)27-16-17-8-4-2-5-9-17/h2-11H,12-13,15-16H2,1H3. The quantitative estimate of drug-likeness (QED) is 0.612. The average Bonchev–Trinajstić information content (AvgIpc) is 2.72. The molecular weight excluding hydrogens is 350 g/mol. The fraction of sp³-hybridized carbons (Fsp3) is 0.217. The van der Waals surface area contributed by atoms with E-state index in [4.69, 9.17) is 4.98 Å². The molecule has 1 aromatic heterocycles. The summed E-state index contributed by atoms with van der Waals surface area (Å²) >= 11 is 1.66. The van der Waals surface area contributed by atoms with Gasteiger partial charge >= 0.3 is 0 Å². The number of likely N-dealkylation sites (N-methyl/N-ethyl adjacent to an activating group) is 1. The van der Waals surface area contributed by atoms with E-state index < -0.39 is 0 Å². The van der Waals surface area contributed by atoms with Crippen LogP contribution in [0.4, 0.5) is 0 Å². The molecule has 1 aliphatic heterocycles. The summed E-state index contributed by atoms with van der Waals surface area (Å²) in [5.41, 5.74) is 6.45. The predicted octanol–water partition coefficient (Wildman–Crippen LogP) is 4.90. The maximum Gasteiger partial charge on any atom is 0.115 e. The van der Waals surface area contributed by atoms with Gasteiger partial charge in [-0.15, -0.1) is 11.8 Å². The second-order valence-corrected chi connectivity index (χ2v) is 7.80. The lowest BCUT2D eigenvalue weighted by molar-refractivity contribution is 0.309. The first-order chi connectivity index (χ1) is 13.3. The zero-order valence-corrected chi connectivity index (χ0v) is 16.2. The van der Waals surface area contributed by atoms with Crippen LogP contribution in [-0.4, -0.2) is 23.5 Å². The Kier molecular flexibility index (Phi) is 5.24. The molecular formula is C23H21N3S. The molecule has 134 valence electrons. The van der Waals surface area contributed by atoms with Crippen molar-refractivity contribution in [1.82, 2.24) is 9.88 Å². The van der Waals surface area contributed by atoms with E-state index in [-0.39, 0.29) is 0 Å². The molecule has 0 unspecified atom stereocenters. The molecule has 0 radical (unpaired) electrons. The summed E-state index contributed by atoms with van der Waals surface area (Å²) in [4.78, 5) is 7.23. The van der Waals surface area contributed by atoms with Crippen LogP contribution in [0.25, 0.3) is 11.1 Å². The van der Waals surface area contributed by atoms with Gasteiger partial charge in [-0.3, -0.25) is 0 Å². The monoisotopic (exact) mass is 371 g/mol. The molecule has 0 spiro atoms. The highest BCUT2D eigenvalue weighted by Gasteiger charge is 2.24. The average molecular weight is 372 g/mol. The number of pyridine rings is 1. The molecule has 2 heterocycles. The van der Waals surface area contributed by atoms with Crippen LogP contribution in [0.1, 0.15) is 22.4 Å². The Morgan fingerprint density at radius 2 is 1.78 bits per heavy atom. The normalized spacial score (nSPS) is 13.8. The second kappa shape index (κ2) is 7.96. The van der Waals surface area contributed by atoms with Crippen LogP contribution in [0.5, 0.6) is 0 Å². The molecule has 1 aliphatic rings. The van der Waals surface area contributed by atoms with Crippen molar-refractivity contribution in [2.24, 2.45) is 0 Å². The molecule has 4 heteroatoms. The van der Waals surface area contributed by atoms with Crippen molar-refractivity contribution in [3.63, 3.8) is 0 Å². The third-order valence-electron chi connectivity index (χ3n) is 4.90. The van der Waals surface area contributed by atoms with Crippen molar-refractivity contribution in [2.45, 2.75) is 23.7 Å². The number of benzene rings is 2. The summed E-state index contributed by atoms with van der Waals surface area (Å²) in [6.45, 7) is 1.84. The second-order valence-electron chi connectivity index (χ2n) is 6.83. The van der Waals surface area contributed by atoms with E-state index in [1.54, 1.807) is 11.8 Å². The lowest BCUT2D eigenvalue weighted by Crippen LogP contribution is -2.28. The van der Waals surface area contributed by atoms with Crippen molar-refractivity contribution in [2.75, 3.05) is 13.6 Å². The molecule has 0 saturated carbocycles. The zero-order valence-electron chi connectivity index (χ0n) is 15.4. The summed E-state index contributed by atoms with van der Waals surface area (Å²) in [6.07, 6.45) is 0.927. The maximum absolute atomic E-state index is 10.0. The van der Waals surface area contributed by atoms with Crippen molar-refractivity contribution in [3.8, 4) is 17.2 Å². The molecule has 0 N–H and O–H groups in total. The molecule has 0 amide bonds. The zero-order chi connectivity index (χ0) is 18.6. The molecule has 0 atom stereocenters. The van der Waals surface area contributed by atoms with Crippen LogP contribution in [0.2, 0.25) is 0 Å². The van der Waals surface area contributed by atoms with Crippen molar-refractivity contribution in [1.29, 1.82) is 5.26 Å². The van der Waals surface area contributed by atoms with Crippen molar-refractivity contribution < 1.29 is 0 Å². The summed E-state index contributed by atoms with van der Waals surface area (Å²) in [5, 5.41) is 10.9. The molecule has 0 bridgehead atoms. The number of nitrogens with zero attached hydrogens (tertiary/aromatic N) is 3. The number of hydrogen-bond donors (Lipinski definition) is 0. The molecule has 3 nitrogen and oxygen atoms in total. The Morgan fingerprint density at radius 1 is 1.07 bits per heavy atom. The first-order valence-corrected chi connectivity index (χ1v) is 10.1. The van der Waals surface area contributed by atoms with Gasteiger partial charge in [-0.05, 0) is 23.7 Å². The maximum atomic E-state index is 10.0. The van der Waals surface area contributed by atoms with E-state index in [1.807, 2.05) is 36.4 Å². The van der Waals surface area contributed by atoms with Gasteiger partial charge in [0, 0.05) is 36.5 Å². The highest BCUT2D eigenvalue weighted by Crippen LogP contribution is 2.37. The van der Waals surface area contributed by atoms with Gasteiger partial charge in [-0.25, -0.2) is 4.98 Å². The number of fused-ring (bicyclic) bond motifs is 1. The molecule has 4 rings (SSSR count). The van der Waals surface area contributed by atoms with Crippen LogP contribution in [-0.2, 0) is 18.7 Å². The topological polar surface area (TPSA) is 39.9 Å². The Morgan fingerprint density at radius 3 is 2.48 bits per heavy atom. The lowest BCUT2D eigenvalue weighted by atomic mass is 9.92. The molecule has 0 fully saturated rings. The fourth-order valence-corrected chi connectivity index (χ4v) is 4.49. The third kappa shape index (κ3) is 3.75. The van der Waals surface area contributed by atoms with Gasteiger partial charge in [0.05, 0.1) is 5.56 Å². The van der Waals surface area contributed by atoms with Gasteiger partial charge in [-0.1, -0.05) is 60.7 Å². The molecule has 3 aromatic rings. The molecule has 27 heavy (non-hydrogen) atoms. The van der Waals surface area contributed by atoms with Gasteiger partial charge in [0.1, 0.15) is 11.1 Å². The number of aromatic nitrogens is 1. The van der Waals surface area contributed by atoms with Gasteiger partial charge in [0.25, 0.3) is 0 Å². The first kappa shape index (κ1) is 17.8. The van der Waals surface area contributed by atoms with Crippen LogP contribution < -0.4 is 0 Å². The minimum Gasteiger partial charge on any atom is -0.302 e. The van der Waals surface area contributed by atoms with Gasteiger partial charge in [0.15, 0.2) is 0 Å². The summed E-state index contributed by atoms with van der Waals surface area (Å²) < 4.78 is 0. The Balaban J connectivity index is 1.81. The third-order valence-corrected chi connectivity index (χ3v) is 5.95. The summed E-state index contributed by atoms with van der Waals surface area (Å²) in [5.74, 6) is 0.815. The predicted molar refractivity (Wildman–Crippen MR) is 110 cm³/mol. The highest BCUT2D eigenvalue weighted by molar-refractivity contribution is 7.98. The number of thioether (sulfide) groups is 1. The van der Waals surface area contributed by atoms with E-state index in [0.717, 1.165) is 47.1 Å². The van der Waals surface area contributed by atoms with Crippen LogP contribution >= 0.6 is 11.8 Å². The van der Waals surface area contributed by atoms with E-state index in [2.05, 4.69) is 42.3 Å². The number of rotatable bonds is 4. The SMILES string of the molecule is CN1CCc2nc(SCc3ccccc3)c(C#N)c(-c3ccccc3)c2C1. The van der Waals surface area contributed by atoms with E-state index in [9.17, 15) is 5.26 Å². The van der Waals surface area contributed by atoms with Gasteiger partial charge < -0.3 is 4.90 Å².